The van der Waals surface area contributed by atoms with Crippen LogP contribution in [-0.4, -0.2) is 21.9 Å². The van der Waals surface area contributed by atoms with Gasteiger partial charge in [-0.05, 0) is 17.7 Å². The van der Waals surface area contributed by atoms with E-state index < -0.39 is 11.7 Å². The highest BCUT2D eigenvalue weighted by atomic mass is 16.4. The molecule has 0 heterocycles. The zero-order valence-corrected chi connectivity index (χ0v) is 9.08. The molecule has 7 nitrogen and oxygen atoms in total. The molecule has 0 amide bonds. The number of phenols is 1. The maximum atomic E-state index is 10.5. The molecule has 1 aromatic carbocycles. The first-order chi connectivity index (χ1) is 8.56. The second kappa shape index (κ2) is 5.87. The van der Waals surface area contributed by atoms with Gasteiger partial charge in [0.2, 0.25) is 5.71 Å². The third-order valence-electron chi connectivity index (χ3n) is 1.92. The molecule has 1 aromatic rings. The van der Waals surface area contributed by atoms with E-state index in [2.05, 4.69) is 10.5 Å². The van der Waals surface area contributed by atoms with Crippen LogP contribution in [0.1, 0.15) is 5.56 Å². The summed E-state index contributed by atoms with van der Waals surface area (Å²) in [6.45, 7) is 0. The molecule has 0 radical (unpaired) electrons. The molecule has 1 rings (SSSR count). The Morgan fingerprint density at radius 1 is 1.39 bits per heavy atom. The van der Waals surface area contributed by atoms with E-state index in [0.717, 1.165) is 0 Å². The Balaban J connectivity index is 2.96. The summed E-state index contributed by atoms with van der Waals surface area (Å²) in [6.07, 6.45) is -0.206. The number of rotatable bonds is 4. The van der Waals surface area contributed by atoms with Crippen LogP contribution >= 0.6 is 0 Å². The van der Waals surface area contributed by atoms with Gasteiger partial charge in [0, 0.05) is 0 Å². The molecule has 0 aliphatic heterocycles. The Bertz CT molecular complexity index is 565. The predicted molar refractivity (Wildman–Crippen MR) is 61.7 cm³/mol. The van der Waals surface area contributed by atoms with E-state index in [4.69, 9.17) is 15.6 Å². The van der Waals surface area contributed by atoms with E-state index in [9.17, 15) is 9.90 Å². The third kappa shape index (κ3) is 3.51. The monoisotopic (exact) mass is 244 g/mol. The van der Waals surface area contributed by atoms with Crippen LogP contribution in [-0.2, 0) is 11.2 Å². The van der Waals surface area contributed by atoms with Gasteiger partial charge in [0.15, 0.2) is 0 Å². The van der Waals surface area contributed by atoms with Crippen LogP contribution in [0.25, 0.3) is 0 Å². The summed E-state index contributed by atoms with van der Waals surface area (Å²) in [5.74, 6) is -1.17. The Morgan fingerprint density at radius 3 is 2.61 bits per heavy atom. The normalized spacial score (nSPS) is 8.78. The van der Waals surface area contributed by atoms with Crippen LogP contribution in [0.15, 0.2) is 23.3 Å². The SMILES string of the molecule is N#CC(C#N)=NNc1cc(CC(=O)O)ccc1O. The summed E-state index contributed by atoms with van der Waals surface area (Å²) in [7, 11) is 0. The van der Waals surface area contributed by atoms with Crippen molar-refractivity contribution >= 4 is 17.4 Å². The minimum absolute atomic E-state index is 0.122. The number of nitrogens with one attached hydrogen (secondary N) is 1. The molecule has 0 aliphatic rings. The Labute approximate surface area is 102 Å². The quantitative estimate of drug-likeness (QED) is 0.408. The van der Waals surface area contributed by atoms with E-state index in [0.29, 0.717) is 5.56 Å². The van der Waals surface area contributed by atoms with E-state index in [1.807, 2.05) is 0 Å². The van der Waals surface area contributed by atoms with Crippen molar-refractivity contribution in [3.8, 4) is 17.9 Å². The molecule has 0 aliphatic carbocycles. The number of nitriles is 2. The van der Waals surface area contributed by atoms with Gasteiger partial charge in [0.05, 0.1) is 12.1 Å². The van der Waals surface area contributed by atoms with Crippen LogP contribution < -0.4 is 5.43 Å². The summed E-state index contributed by atoms with van der Waals surface area (Å²) in [5.41, 5.74) is 2.50. The number of hydrogen-bond acceptors (Lipinski definition) is 6. The molecular formula is C11H8N4O3. The average Bonchev–Trinajstić information content (AvgIpc) is 2.33. The van der Waals surface area contributed by atoms with Crippen molar-refractivity contribution in [2.24, 2.45) is 5.10 Å². The maximum Gasteiger partial charge on any atom is 0.307 e. The minimum atomic E-state index is -1.01. The molecule has 0 bridgehead atoms. The summed E-state index contributed by atoms with van der Waals surface area (Å²) in [4.78, 5) is 10.5. The number of carboxylic acids is 1. The Morgan fingerprint density at radius 2 is 2.06 bits per heavy atom. The van der Waals surface area contributed by atoms with Crippen molar-refractivity contribution in [3.63, 3.8) is 0 Å². The lowest BCUT2D eigenvalue weighted by Crippen LogP contribution is -2.01. The second-order valence-electron chi connectivity index (χ2n) is 3.22. The molecule has 0 saturated carbocycles. The van der Waals surface area contributed by atoms with Crippen molar-refractivity contribution in [1.82, 2.24) is 0 Å². The Kier molecular flexibility index (Phi) is 4.24. The third-order valence-corrected chi connectivity index (χ3v) is 1.92. The van der Waals surface area contributed by atoms with E-state index in [-0.39, 0.29) is 17.9 Å². The number of aliphatic carboxylic acids is 1. The fraction of sp³-hybridized carbons (Fsp3) is 0.0909. The second-order valence-corrected chi connectivity index (χ2v) is 3.22. The van der Waals surface area contributed by atoms with Gasteiger partial charge in [-0.25, -0.2) is 0 Å². The fourth-order valence-corrected chi connectivity index (χ4v) is 1.15. The number of carbonyl (C=O) groups is 1. The lowest BCUT2D eigenvalue weighted by Gasteiger charge is -2.05. The fourth-order valence-electron chi connectivity index (χ4n) is 1.15. The van der Waals surface area contributed by atoms with Gasteiger partial charge in [0.1, 0.15) is 17.9 Å². The van der Waals surface area contributed by atoms with Gasteiger partial charge in [0.25, 0.3) is 0 Å². The number of hydrogen-bond donors (Lipinski definition) is 3. The molecular weight excluding hydrogens is 236 g/mol. The first-order valence-corrected chi connectivity index (χ1v) is 4.74. The van der Waals surface area contributed by atoms with E-state index >= 15 is 0 Å². The average molecular weight is 244 g/mol. The zero-order valence-electron chi connectivity index (χ0n) is 9.08. The van der Waals surface area contributed by atoms with Crippen LogP contribution in [0.4, 0.5) is 5.69 Å². The molecule has 0 unspecified atom stereocenters. The number of carboxylic acid groups (broad SMARTS) is 1. The van der Waals surface area contributed by atoms with Crippen LogP contribution in [0.3, 0.4) is 0 Å². The lowest BCUT2D eigenvalue weighted by atomic mass is 10.1. The van der Waals surface area contributed by atoms with Crippen molar-refractivity contribution in [3.05, 3.63) is 23.8 Å². The molecule has 90 valence electrons. The van der Waals surface area contributed by atoms with Crippen LogP contribution in [0, 0.1) is 22.7 Å². The molecule has 3 N–H and O–H groups in total. The van der Waals surface area contributed by atoms with Gasteiger partial charge in [-0.15, -0.1) is 0 Å². The number of hydrazone groups is 1. The van der Waals surface area contributed by atoms with Gasteiger partial charge in [-0.1, -0.05) is 6.07 Å². The number of phenolic OH excluding ortho intramolecular Hbond substituents is 1. The summed E-state index contributed by atoms with van der Waals surface area (Å²) >= 11 is 0. The van der Waals surface area contributed by atoms with Gasteiger partial charge in [-0.2, -0.15) is 15.6 Å². The standard InChI is InChI=1S/C11H8N4O3/c12-5-8(6-13)14-15-9-3-7(4-11(17)18)1-2-10(9)16/h1-3,15-16H,4H2,(H,17,18). The van der Waals surface area contributed by atoms with Crippen LogP contribution in [0.2, 0.25) is 0 Å². The van der Waals surface area contributed by atoms with Gasteiger partial charge >= 0.3 is 5.97 Å². The highest BCUT2D eigenvalue weighted by molar-refractivity contribution is 6.10. The van der Waals surface area contributed by atoms with Gasteiger partial charge in [-0.3, -0.25) is 10.2 Å². The number of nitrogens with zero attached hydrogens (tertiary/aromatic N) is 3. The first kappa shape index (κ1) is 13.0. The van der Waals surface area contributed by atoms with Crippen molar-refractivity contribution in [1.29, 1.82) is 10.5 Å². The van der Waals surface area contributed by atoms with E-state index in [1.165, 1.54) is 30.3 Å². The summed E-state index contributed by atoms with van der Waals surface area (Å²) in [5, 5.41) is 38.5. The van der Waals surface area contributed by atoms with Crippen molar-refractivity contribution in [2.45, 2.75) is 6.42 Å². The largest absolute Gasteiger partial charge is 0.506 e. The highest BCUT2D eigenvalue weighted by Crippen LogP contribution is 2.24. The highest BCUT2D eigenvalue weighted by Gasteiger charge is 2.05. The first-order valence-electron chi connectivity index (χ1n) is 4.74. The lowest BCUT2D eigenvalue weighted by molar-refractivity contribution is -0.136. The molecule has 0 spiro atoms. The van der Waals surface area contributed by atoms with Crippen LogP contribution in [0.5, 0.6) is 5.75 Å². The molecule has 18 heavy (non-hydrogen) atoms. The predicted octanol–water partition coefficient (Wildman–Crippen LogP) is 0.834. The smallest absolute Gasteiger partial charge is 0.307 e. The number of anilines is 1. The number of benzene rings is 1. The number of aromatic hydroxyl groups is 1. The molecule has 0 fully saturated rings. The van der Waals surface area contributed by atoms with E-state index in [1.54, 1.807) is 0 Å². The minimum Gasteiger partial charge on any atom is -0.506 e. The van der Waals surface area contributed by atoms with Gasteiger partial charge < -0.3 is 10.2 Å². The molecule has 0 aromatic heterocycles. The zero-order chi connectivity index (χ0) is 13.5. The summed E-state index contributed by atoms with van der Waals surface area (Å²) in [6, 6.07) is 7.20. The maximum absolute atomic E-state index is 10.5. The van der Waals surface area contributed by atoms with Crippen molar-refractivity contribution in [2.75, 3.05) is 5.43 Å². The topological polar surface area (TPSA) is 130 Å². The Hall–Kier alpha value is -3.06. The summed E-state index contributed by atoms with van der Waals surface area (Å²) < 4.78 is 0. The molecule has 7 heteroatoms. The molecule has 0 saturated heterocycles. The molecule has 0 atom stereocenters. The van der Waals surface area contributed by atoms with Crippen molar-refractivity contribution < 1.29 is 15.0 Å².